The fraction of sp³-hybridized carbons (Fsp3) is 0.333. The number of hydrogen-bond acceptors (Lipinski definition) is 5. The molecule has 0 radical (unpaired) electrons. The summed E-state index contributed by atoms with van der Waals surface area (Å²) < 4.78 is 6.88. The predicted molar refractivity (Wildman–Crippen MR) is 90.6 cm³/mol. The van der Waals surface area contributed by atoms with Crippen LogP contribution in [0.25, 0.3) is 11.3 Å². The van der Waals surface area contributed by atoms with Crippen molar-refractivity contribution in [2.24, 2.45) is 5.92 Å². The number of carbonyl (C=O) groups excluding carboxylic acids is 1. The van der Waals surface area contributed by atoms with Crippen LogP contribution in [0.3, 0.4) is 0 Å². The Hall–Kier alpha value is -2.96. The van der Waals surface area contributed by atoms with Gasteiger partial charge in [0.25, 0.3) is 5.91 Å². The molecule has 1 atom stereocenters. The molecule has 0 N–H and O–H groups in total. The molecular formula is C18H19N5O2. The van der Waals surface area contributed by atoms with E-state index in [1.165, 1.54) is 12.5 Å². The molecule has 0 unspecified atom stereocenters. The monoisotopic (exact) mass is 337 g/mol. The third kappa shape index (κ3) is 3.45. The lowest BCUT2D eigenvalue weighted by atomic mass is 9.97. The van der Waals surface area contributed by atoms with Crippen LogP contribution in [0, 0.1) is 5.92 Å². The first-order valence-electron chi connectivity index (χ1n) is 8.41. The molecule has 0 saturated carbocycles. The quantitative estimate of drug-likeness (QED) is 0.731. The Kier molecular flexibility index (Phi) is 4.28. The fourth-order valence-electron chi connectivity index (χ4n) is 3.27. The Morgan fingerprint density at radius 2 is 2.32 bits per heavy atom. The first-order valence-corrected chi connectivity index (χ1v) is 8.41. The number of furan rings is 1. The van der Waals surface area contributed by atoms with Crippen LogP contribution < -0.4 is 0 Å². The van der Waals surface area contributed by atoms with Crippen LogP contribution in [-0.4, -0.2) is 43.9 Å². The van der Waals surface area contributed by atoms with Crippen molar-refractivity contribution in [1.82, 2.24) is 24.9 Å². The molecule has 4 heterocycles. The SMILES string of the molecule is O=C(c1ccoc1)N1CCC[C@@H](Cn2cc(-c3cccnc3)nn2)C1. The van der Waals surface area contributed by atoms with Crippen LogP contribution in [0.4, 0.5) is 0 Å². The average molecular weight is 337 g/mol. The minimum atomic E-state index is 0.0353. The molecule has 1 fully saturated rings. The number of aromatic nitrogens is 4. The molecule has 7 nitrogen and oxygen atoms in total. The minimum Gasteiger partial charge on any atom is -0.472 e. The molecule has 128 valence electrons. The maximum atomic E-state index is 12.5. The van der Waals surface area contributed by atoms with E-state index in [1.54, 1.807) is 18.5 Å². The summed E-state index contributed by atoms with van der Waals surface area (Å²) in [6, 6.07) is 5.56. The highest BCUT2D eigenvalue weighted by Crippen LogP contribution is 2.21. The number of amides is 1. The van der Waals surface area contributed by atoms with Crippen molar-refractivity contribution in [2.45, 2.75) is 19.4 Å². The fourth-order valence-corrected chi connectivity index (χ4v) is 3.27. The molecule has 0 bridgehead atoms. The minimum absolute atomic E-state index is 0.0353. The summed E-state index contributed by atoms with van der Waals surface area (Å²) in [5.74, 6) is 0.404. The van der Waals surface area contributed by atoms with Crippen molar-refractivity contribution < 1.29 is 9.21 Å². The number of hydrogen-bond donors (Lipinski definition) is 0. The molecule has 1 aliphatic heterocycles. The summed E-state index contributed by atoms with van der Waals surface area (Å²) in [4.78, 5) is 18.5. The van der Waals surface area contributed by atoms with E-state index in [0.717, 1.165) is 43.7 Å². The van der Waals surface area contributed by atoms with E-state index in [2.05, 4.69) is 15.3 Å². The van der Waals surface area contributed by atoms with E-state index >= 15 is 0 Å². The average Bonchev–Trinajstić information content (AvgIpc) is 3.34. The summed E-state index contributed by atoms with van der Waals surface area (Å²) in [6.07, 6.45) is 10.6. The third-order valence-corrected chi connectivity index (χ3v) is 4.52. The molecule has 0 aromatic carbocycles. The van der Waals surface area contributed by atoms with Gasteiger partial charge in [0.05, 0.1) is 18.0 Å². The van der Waals surface area contributed by atoms with E-state index in [-0.39, 0.29) is 5.91 Å². The van der Waals surface area contributed by atoms with Gasteiger partial charge in [0.1, 0.15) is 12.0 Å². The number of likely N-dealkylation sites (tertiary alicyclic amines) is 1. The van der Waals surface area contributed by atoms with Gasteiger partial charge < -0.3 is 9.32 Å². The highest BCUT2D eigenvalue weighted by Gasteiger charge is 2.25. The topological polar surface area (TPSA) is 77.0 Å². The second-order valence-corrected chi connectivity index (χ2v) is 6.34. The lowest BCUT2D eigenvalue weighted by Gasteiger charge is -2.32. The van der Waals surface area contributed by atoms with Gasteiger partial charge in [-0.05, 0) is 37.0 Å². The molecule has 1 saturated heterocycles. The molecule has 0 aliphatic carbocycles. The van der Waals surface area contributed by atoms with Crippen molar-refractivity contribution in [2.75, 3.05) is 13.1 Å². The second kappa shape index (κ2) is 6.88. The Balaban J connectivity index is 1.41. The van der Waals surface area contributed by atoms with E-state index in [0.29, 0.717) is 11.5 Å². The Morgan fingerprint density at radius 3 is 3.12 bits per heavy atom. The zero-order valence-corrected chi connectivity index (χ0v) is 13.8. The van der Waals surface area contributed by atoms with E-state index in [1.807, 2.05) is 27.9 Å². The summed E-state index contributed by atoms with van der Waals surface area (Å²) in [5.41, 5.74) is 2.38. The van der Waals surface area contributed by atoms with Crippen LogP contribution in [0.5, 0.6) is 0 Å². The summed E-state index contributed by atoms with van der Waals surface area (Å²) in [7, 11) is 0. The summed E-state index contributed by atoms with van der Waals surface area (Å²) in [5, 5.41) is 8.45. The van der Waals surface area contributed by atoms with Gasteiger partial charge in [0.15, 0.2) is 0 Å². The van der Waals surface area contributed by atoms with Crippen molar-refractivity contribution in [1.29, 1.82) is 0 Å². The van der Waals surface area contributed by atoms with Crippen LogP contribution in [0.15, 0.2) is 53.7 Å². The van der Waals surface area contributed by atoms with Gasteiger partial charge >= 0.3 is 0 Å². The zero-order chi connectivity index (χ0) is 17.1. The molecule has 1 amide bonds. The summed E-state index contributed by atoms with van der Waals surface area (Å²) >= 11 is 0. The molecule has 1 aliphatic rings. The predicted octanol–water partition coefficient (Wildman–Crippen LogP) is 2.49. The lowest BCUT2D eigenvalue weighted by Crippen LogP contribution is -2.41. The maximum absolute atomic E-state index is 12.5. The Labute approximate surface area is 145 Å². The first-order chi connectivity index (χ1) is 12.3. The Bertz CT molecular complexity index is 828. The van der Waals surface area contributed by atoms with Crippen molar-refractivity contribution in [3.63, 3.8) is 0 Å². The first kappa shape index (κ1) is 15.6. The molecule has 3 aromatic rings. The van der Waals surface area contributed by atoms with E-state index in [9.17, 15) is 4.79 Å². The number of carbonyl (C=O) groups is 1. The Morgan fingerprint density at radius 1 is 1.36 bits per heavy atom. The van der Waals surface area contributed by atoms with Crippen molar-refractivity contribution in [3.8, 4) is 11.3 Å². The third-order valence-electron chi connectivity index (χ3n) is 4.52. The van der Waals surface area contributed by atoms with Crippen LogP contribution in [0.1, 0.15) is 23.2 Å². The number of rotatable bonds is 4. The van der Waals surface area contributed by atoms with Gasteiger partial charge in [-0.1, -0.05) is 5.21 Å². The highest BCUT2D eigenvalue weighted by atomic mass is 16.3. The maximum Gasteiger partial charge on any atom is 0.257 e. The van der Waals surface area contributed by atoms with Crippen LogP contribution in [-0.2, 0) is 6.54 Å². The van der Waals surface area contributed by atoms with Crippen LogP contribution in [0.2, 0.25) is 0 Å². The van der Waals surface area contributed by atoms with Gasteiger partial charge in [-0.2, -0.15) is 0 Å². The standard InChI is InChI=1S/C18H19N5O2/c24-18(16-5-8-25-13-16)22-7-2-3-14(10-22)11-23-12-17(20-21-23)15-4-1-6-19-9-15/h1,4-6,8-9,12-14H,2-3,7,10-11H2/t14-/m1/s1. The highest BCUT2D eigenvalue weighted by molar-refractivity contribution is 5.93. The molecule has 25 heavy (non-hydrogen) atoms. The van der Waals surface area contributed by atoms with Gasteiger partial charge in [-0.25, -0.2) is 0 Å². The zero-order valence-electron chi connectivity index (χ0n) is 13.8. The molecule has 0 spiro atoms. The van der Waals surface area contributed by atoms with Crippen molar-refractivity contribution >= 4 is 5.91 Å². The van der Waals surface area contributed by atoms with Gasteiger partial charge in [0, 0.05) is 37.6 Å². The second-order valence-electron chi connectivity index (χ2n) is 6.34. The normalized spacial score (nSPS) is 17.6. The van der Waals surface area contributed by atoms with E-state index in [4.69, 9.17) is 4.42 Å². The molecular weight excluding hydrogens is 318 g/mol. The number of piperidine rings is 1. The summed E-state index contributed by atoms with van der Waals surface area (Å²) in [6.45, 7) is 2.27. The van der Waals surface area contributed by atoms with Crippen LogP contribution >= 0.6 is 0 Å². The van der Waals surface area contributed by atoms with Gasteiger partial charge in [0.2, 0.25) is 0 Å². The largest absolute Gasteiger partial charge is 0.472 e. The number of nitrogens with zero attached hydrogens (tertiary/aromatic N) is 5. The van der Waals surface area contributed by atoms with E-state index < -0.39 is 0 Å². The lowest BCUT2D eigenvalue weighted by molar-refractivity contribution is 0.0658. The van der Waals surface area contributed by atoms with Crippen molar-refractivity contribution in [3.05, 3.63) is 54.9 Å². The smallest absolute Gasteiger partial charge is 0.257 e. The molecule has 4 rings (SSSR count). The molecule has 3 aromatic heterocycles. The van der Waals surface area contributed by atoms with Gasteiger partial charge in [-0.3, -0.25) is 14.5 Å². The van der Waals surface area contributed by atoms with Gasteiger partial charge in [-0.15, -0.1) is 5.10 Å². The number of pyridine rings is 1. The molecule has 7 heteroatoms.